The Morgan fingerprint density at radius 1 is 1.30 bits per heavy atom. The summed E-state index contributed by atoms with van der Waals surface area (Å²) in [6, 6.07) is 9.32. The second-order valence-corrected chi connectivity index (χ2v) is 7.22. The van der Waals surface area contributed by atoms with Crippen molar-refractivity contribution >= 4 is 17.2 Å². The van der Waals surface area contributed by atoms with E-state index in [1.165, 1.54) is 0 Å². The standard InChI is InChI=1S/C20H19N3O3S/c1-26-15-4-2-14(3-5-15)19-21-17-11-23(8-6-16(17)20(25)22-19)18(24)10-13-7-9-27-12-13/h2-5,7,9,12H,6,8,10-11H2,1H3,(H,21,22,25). The van der Waals surface area contributed by atoms with Crippen molar-refractivity contribution in [1.82, 2.24) is 14.9 Å². The molecule has 2 aromatic heterocycles. The third-order valence-electron chi connectivity index (χ3n) is 4.73. The molecule has 0 fully saturated rings. The predicted molar refractivity (Wildman–Crippen MR) is 104 cm³/mol. The average molecular weight is 381 g/mol. The van der Waals surface area contributed by atoms with Gasteiger partial charge in [0.1, 0.15) is 11.6 Å². The van der Waals surface area contributed by atoms with E-state index < -0.39 is 0 Å². The molecule has 1 amide bonds. The summed E-state index contributed by atoms with van der Waals surface area (Å²) in [5.41, 5.74) is 3.04. The molecule has 7 heteroatoms. The number of nitrogens with zero attached hydrogens (tertiary/aromatic N) is 2. The van der Waals surface area contributed by atoms with Crippen LogP contribution in [0.2, 0.25) is 0 Å². The van der Waals surface area contributed by atoms with Crippen LogP contribution >= 0.6 is 11.3 Å². The lowest BCUT2D eigenvalue weighted by molar-refractivity contribution is -0.131. The SMILES string of the molecule is COc1ccc(-c2nc3c(c(=O)[nH]2)CCN(C(=O)Cc2ccsc2)C3)cc1. The molecule has 4 rings (SSSR count). The Hall–Kier alpha value is -2.93. The first-order valence-electron chi connectivity index (χ1n) is 8.69. The van der Waals surface area contributed by atoms with Crippen LogP contribution in [0, 0.1) is 0 Å². The summed E-state index contributed by atoms with van der Waals surface area (Å²) < 4.78 is 5.17. The van der Waals surface area contributed by atoms with Gasteiger partial charge in [0.15, 0.2) is 0 Å². The fraction of sp³-hybridized carbons (Fsp3) is 0.250. The van der Waals surface area contributed by atoms with E-state index in [1.807, 2.05) is 41.1 Å². The molecule has 3 heterocycles. The predicted octanol–water partition coefficient (Wildman–Crippen LogP) is 2.63. The molecular formula is C20H19N3O3S. The van der Waals surface area contributed by atoms with Gasteiger partial charge in [0, 0.05) is 17.7 Å². The molecular weight excluding hydrogens is 362 g/mol. The van der Waals surface area contributed by atoms with Gasteiger partial charge in [0.25, 0.3) is 5.56 Å². The molecule has 0 saturated heterocycles. The lowest BCUT2D eigenvalue weighted by Crippen LogP contribution is -2.39. The van der Waals surface area contributed by atoms with Crippen LogP contribution in [0.15, 0.2) is 45.9 Å². The molecule has 0 unspecified atom stereocenters. The molecule has 0 radical (unpaired) electrons. The number of aromatic amines is 1. The zero-order chi connectivity index (χ0) is 18.8. The maximum Gasteiger partial charge on any atom is 0.254 e. The molecule has 6 nitrogen and oxygen atoms in total. The molecule has 0 bridgehead atoms. The van der Waals surface area contributed by atoms with Crippen LogP contribution in [0.3, 0.4) is 0 Å². The molecule has 0 aliphatic carbocycles. The zero-order valence-corrected chi connectivity index (χ0v) is 15.7. The van der Waals surface area contributed by atoms with Gasteiger partial charge in [0.2, 0.25) is 5.91 Å². The van der Waals surface area contributed by atoms with Crippen LogP contribution in [0.5, 0.6) is 5.75 Å². The molecule has 0 atom stereocenters. The lowest BCUT2D eigenvalue weighted by Gasteiger charge is -2.28. The summed E-state index contributed by atoms with van der Waals surface area (Å²) in [6.45, 7) is 0.911. The molecule has 1 aliphatic heterocycles. The van der Waals surface area contributed by atoms with Crippen molar-refractivity contribution < 1.29 is 9.53 Å². The number of amides is 1. The van der Waals surface area contributed by atoms with Gasteiger partial charge in [-0.25, -0.2) is 4.98 Å². The summed E-state index contributed by atoms with van der Waals surface area (Å²) in [5.74, 6) is 1.31. The Balaban J connectivity index is 1.59. The van der Waals surface area contributed by atoms with Crippen LogP contribution in [0.4, 0.5) is 0 Å². The Morgan fingerprint density at radius 3 is 2.81 bits per heavy atom. The first kappa shape index (κ1) is 17.5. The second-order valence-electron chi connectivity index (χ2n) is 6.44. The summed E-state index contributed by atoms with van der Waals surface area (Å²) in [5, 5.41) is 3.96. The second kappa shape index (κ2) is 7.36. The van der Waals surface area contributed by atoms with Crippen LogP contribution in [0.25, 0.3) is 11.4 Å². The first-order valence-corrected chi connectivity index (χ1v) is 9.63. The van der Waals surface area contributed by atoms with Crippen molar-refractivity contribution in [2.24, 2.45) is 0 Å². The van der Waals surface area contributed by atoms with Gasteiger partial charge in [-0.15, -0.1) is 0 Å². The minimum atomic E-state index is -0.129. The number of hydrogen-bond acceptors (Lipinski definition) is 5. The molecule has 0 spiro atoms. The molecule has 27 heavy (non-hydrogen) atoms. The number of nitrogens with one attached hydrogen (secondary N) is 1. The van der Waals surface area contributed by atoms with Crippen LogP contribution in [-0.4, -0.2) is 34.4 Å². The van der Waals surface area contributed by atoms with Crippen molar-refractivity contribution in [3.05, 3.63) is 68.3 Å². The molecule has 1 N–H and O–H groups in total. The number of methoxy groups -OCH3 is 1. The first-order chi connectivity index (χ1) is 13.1. The van der Waals surface area contributed by atoms with Crippen LogP contribution in [0.1, 0.15) is 16.8 Å². The van der Waals surface area contributed by atoms with E-state index in [0.29, 0.717) is 43.0 Å². The Bertz CT molecular complexity index is 1010. The number of thiophene rings is 1. The summed E-state index contributed by atoms with van der Waals surface area (Å²) >= 11 is 1.58. The molecule has 1 aromatic carbocycles. The number of ether oxygens (including phenoxy) is 1. The summed E-state index contributed by atoms with van der Waals surface area (Å²) in [6.07, 6.45) is 0.906. The van der Waals surface area contributed by atoms with E-state index in [9.17, 15) is 9.59 Å². The zero-order valence-electron chi connectivity index (χ0n) is 14.9. The highest BCUT2D eigenvalue weighted by Crippen LogP contribution is 2.21. The minimum Gasteiger partial charge on any atom is -0.497 e. The number of aromatic nitrogens is 2. The van der Waals surface area contributed by atoms with Crippen molar-refractivity contribution in [3.8, 4) is 17.1 Å². The number of H-pyrrole nitrogens is 1. The van der Waals surface area contributed by atoms with Crippen molar-refractivity contribution in [2.45, 2.75) is 19.4 Å². The average Bonchev–Trinajstić information content (AvgIpc) is 3.20. The van der Waals surface area contributed by atoms with E-state index >= 15 is 0 Å². The molecule has 0 saturated carbocycles. The van der Waals surface area contributed by atoms with Crippen molar-refractivity contribution in [3.63, 3.8) is 0 Å². The number of carbonyl (C=O) groups excluding carboxylic acids is 1. The molecule has 138 valence electrons. The Labute approximate surface area is 160 Å². The third-order valence-corrected chi connectivity index (χ3v) is 5.46. The monoisotopic (exact) mass is 381 g/mol. The van der Waals surface area contributed by atoms with Gasteiger partial charge >= 0.3 is 0 Å². The highest BCUT2D eigenvalue weighted by molar-refractivity contribution is 7.08. The molecule has 1 aliphatic rings. The maximum absolute atomic E-state index is 12.6. The number of fused-ring (bicyclic) bond motifs is 1. The fourth-order valence-electron chi connectivity index (χ4n) is 3.22. The van der Waals surface area contributed by atoms with Crippen LogP contribution < -0.4 is 10.3 Å². The Kier molecular flexibility index (Phi) is 4.77. The Morgan fingerprint density at radius 2 is 2.11 bits per heavy atom. The van der Waals surface area contributed by atoms with Gasteiger partial charge in [-0.3, -0.25) is 9.59 Å². The van der Waals surface area contributed by atoms with Crippen molar-refractivity contribution in [1.29, 1.82) is 0 Å². The summed E-state index contributed by atoms with van der Waals surface area (Å²) in [7, 11) is 1.61. The number of hydrogen-bond donors (Lipinski definition) is 1. The minimum absolute atomic E-state index is 0.0622. The van der Waals surface area contributed by atoms with Crippen molar-refractivity contribution in [2.75, 3.05) is 13.7 Å². The van der Waals surface area contributed by atoms with E-state index in [4.69, 9.17) is 4.74 Å². The number of carbonyl (C=O) groups is 1. The summed E-state index contributed by atoms with van der Waals surface area (Å²) in [4.78, 5) is 34.4. The normalized spacial score (nSPS) is 13.3. The quantitative estimate of drug-likeness (QED) is 0.754. The number of rotatable bonds is 4. The van der Waals surface area contributed by atoms with E-state index in [-0.39, 0.29) is 11.5 Å². The van der Waals surface area contributed by atoms with Gasteiger partial charge in [-0.1, -0.05) is 0 Å². The van der Waals surface area contributed by atoms with Gasteiger partial charge in [0.05, 0.1) is 25.8 Å². The largest absolute Gasteiger partial charge is 0.497 e. The van der Waals surface area contributed by atoms with Gasteiger partial charge < -0.3 is 14.6 Å². The van der Waals surface area contributed by atoms with Gasteiger partial charge in [-0.2, -0.15) is 11.3 Å². The third kappa shape index (κ3) is 3.64. The highest BCUT2D eigenvalue weighted by Gasteiger charge is 2.24. The van der Waals surface area contributed by atoms with E-state index in [1.54, 1.807) is 23.3 Å². The highest BCUT2D eigenvalue weighted by atomic mass is 32.1. The lowest BCUT2D eigenvalue weighted by atomic mass is 10.0. The fourth-order valence-corrected chi connectivity index (χ4v) is 3.89. The van der Waals surface area contributed by atoms with Crippen LogP contribution in [-0.2, 0) is 24.2 Å². The topological polar surface area (TPSA) is 75.3 Å². The van der Waals surface area contributed by atoms with Gasteiger partial charge in [-0.05, 0) is 53.1 Å². The molecule has 3 aromatic rings. The number of benzene rings is 1. The van der Waals surface area contributed by atoms with E-state index in [2.05, 4.69) is 9.97 Å². The maximum atomic E-state index is 12.6. The smallest absolute Gasteiger partial charge is 0.254 e. The van der Waals surface area contributed by atoms with E-state index in [0.717, 1.165) is 16.9 Å².